The molecule has 2 rings (SSSR count). The lowest BCUT2D eigenvalue weighted by molar-refractivity contribution is 0.234. The van der Waals surface area contributed by atoms with Crippen LogP contribution < -0.4 is 5.32 Å². The molecule has 0 atom stereocenters. The quantitative estimate of drug-likeness (QED) is 0.828. The van der Waals surface area contributed by atoms with Crippen LogP contribution in [0, 0.1) is 0 Å². The van der Waals surface area contributed by atoms with E-state index in [-0.39, 0.29) is 0 Å². The Labute approximate surface area is 94.8 Å². The molecule has 0 aromatic carbocycles. The fourth-order valence-corrected chi connectivity index (χ4v) is 2.57. The van der Waals surface area contributed by atoms with Crippen LogP contribution >= 0.6 is 11.5 Å². The first-order chi connectivity index (χ1) is 7.40. The van der Waals surface area contributed by atoms with E-state index in [4.69, 9.17) is 0 Å². The summed E-state index contributed by atoms with van der Waals surface area (Å²) in [7, 11) is 0. The van der Waals surface area contributed by atoms with E-state index in [1.807, 2.05) is 0 Å². The van der Waals surface area contributed by atoms with Crippen molar-refractivity contribution < 1.29 is 0 Å². The van der Waals surface area contributed by atoms with Crippen molar-refractivity contribution >= 4 is 11.5 Å². The summed E-state index contributed by atoms with van der Waals surface area (Å²) in [5, 5.41) is 7.56. The first kappa shape index (κ1) is 11.0. The molecular formula is C10H18N4S. The lowest BCUT2D eigenvalue weighted by atomic mass is 10.2. The monoisotopic (exact) mass is 226 g/mol. The molecule has 1 aliphatic rings. The Hall–Kier alpha value is -0.520. The van der Waals surface area contributed by atoms with Crippen LogP contribution in [0.25, 0.3) is 0 Å². The van der Waals surface area contributed by atoms with Gasteiger partial charge in [-0.05, 0) is 18.0 Å². The van der Waals surface area contributed by atoms with E-state index in [2.05, 4.69) is 26.7 Å². The van der Waals surface area contributed by atoms with Crippen LogP contribution in [0.4, 0.5) is 0 Å². The normalized spacial score (nSPS) is 18.2. The Morgan fingerprint density at radius 2 is 2.20 bits per heavy atom. The van der Waals surface area contributed by atoms with Crippen LogP contribution in [-0.4, -0.2) is 40.7 Å². The van der Waals surface area contributed by atoms with E-state index >= 15 is 0 Å². The van der Waals surface area contributed by atoms with Gasteiger partial charge in [0.1, 0.15) is 0 Å². The topological polar surface area (TPSA) is 41.1 Å². The molecule has 0 aliphatic carbocycles. The minimum absolute atomic E-state index is 1.04. The number of piperazine rings is 1. The molecule has 1 aliphatic heterocycles. The molecule has 1 N–H and O–H groups in total. The van der Waals surface area contributed by atoms with Crippen LogP contribution in [0.3, 0.4) is 0 Å². The fraction of sp³-hybridized carbons (Fsp3) is 0.800. The van der Waals surface area contributed by atoms with E-state index in [9.17, 15) is 0 Å². The summed E-state index contributed by atoms with van der Waals surface area (Å²) in [4.78, 5) is 3.84. The maximum atomic E-state index is 4.20. The van der Waals surface area contributed by atoms with Gasteiger partial charge in [0.2, 0.25) is 0 Å². The number of nitrogens with one attached hydrogen (secondary N) is 1. The molecule has 5 heteroatoms. The highest BCUT2D eigenvalue weighted by atomic mass is 32.1. The average Bonchev–Trinajstić information content (AvgIpc) is 2.68. The van der Waals surface area contributed by atoms with Crippen LogP contribution in [-0.2, 0) is 13.0 Å². The van der Waals surface area contributed by atoms with Crippen LogP contribution in [0.5, 0.6) is 0 Å². The van der Waals surface area contributed by atoms with Gasteiger partial charge in [-0.25, -0.2) is 0 Å². The van der Waals surface area contributed by atoms with Crippen molar-refractivity contribution in [3.05, 3.63) is 10.6 Å². The van der Waals surface area contributed by atoms with Crippen molar-refractivity contribution in [2.45, 2.75) is 26.3 Å². The third-order valence-electron chi connectivity index (χ3n) is 2.70. The van der Waals surface area contributed by atoms with Gasteiger partial charge in [0, 0.05) is 32.7 Å². The summed E-state index contributed by atoms with van der Waals surface area (Å²) >= 11 is 1.56. The summed E-state index contributed by atoms with van der Waals surface area (Å²) in [6.07, 6.45) is 2.22. The zero-order chi connectivity index (χ0) is 10.5. The van der Waals surface area contributed by atoms with Gasteiger partial charge in [0.25, 0.3) is 0 Å². The molecule has 0 spiro atoms. The Balaban J connectivity index is 1.93. The molecule has 0 radical (unpaired) electrons. The number of hydrogen-bond donors (Lipinski definition) is 1. The van der Waals surface area contributed by atoms with Crippen molar-refractivity contribution in [1.29, 1.82) is 0 Å². The van der Waals surface area contributed by atoms with Gasteiger partial charge < -0.3 is 5.32 Å². The summed E-state index contributed by atoms with van der Waals surface area (Å²) in [5.74, 6) is 0. The fourth-order valence-electron chi connectivity index (χ4n) is 1.85. The van der Waals surface area contributed by atoms with Gasteiger partial charge in [-0.3, -0.25) is 4.90 Å². The molecular weight excluding hydrogens is 208 g/mol. The average molecular weight is 226 g/mol. The SMILES string of the molecule is CCCc1nnsc1CN1CCNCC1. The van der Waals surface area contributed by atoms with E-state index < -0.39 is 0 Å². The highest BCUT2D eigenvalue weighted by Gasteiger charge is 2.14. The standard InChI is InChI=1S/C10H18N4S/c1-2-3-9-10(15-13-12-9)8-14-6-4-11-5-7-14/h11H,2-8H2,1H3. The van der Waals surface area contributed by atoms with Gasteiger partial charge in [-0.2, -0.15) is 0 Å². The second kappa shape index (κ2) is 5.53. The first-order valence-corrected chi connectivity index (χ1v) is 6.40. The number of aromatic nitrogens is 2. The van der Waals surface area contributed by atoms with Crippen molar-refractivity contribution in [3.63, 3.8) is 0 Å². The summed E-state index contributed by atoms with van der Waals surface area (Å²) in [6.45, 7) is 7.72. The Morgan fingerprint density at radius 1 is 1.40 bits per heavy atom. The van der Waals surface area contributed by atoms with Gasteiger partial charge in [0.15, 0.2) is 0 Å². The highest BCUT2D eigenvalue weighted by Crippen LogP contribution is 2.15. The molecule has 0 amide bonds. The van der Waals surface area contributed by atoms with Crippen molar-refractivity contribution in [2.24, 2.45) is 0 Å². The van der Waals surface area contributed by atoms with Gasteiger partial charge in [-0.15, -0.1) is 5.10 Å². The molecule has 15 heavy (non-hydrogen) atoms. The molecule has 1 aromatic rings. The maximum Gasteiger partial charge on any atom is 0.0800 e. The lowest BCUT2D eigenvalue weighted by Crippen LogP contribution is -2.42. The Kier molecular flexibility index (Phi) is 4.05. The number of nitrogens with zero attached hydrogens (tertiary/aromatic N) is 3. The van der Waals surface area contributed by atoms with Crippen molar-refractivity contribution in [2.75, 3.05) is 26.2 Å². The molecule has 1 fully saturated rings. The van der Waals surface area contributed by atoms with E-state index in [1.165, 1.54) is 10.6 Å². The first-order valence-electron chi connectivity index (χ1n) is 5.63. The lowest BCUT2D eigenvalue weighted by Gasteiger charge is -2.26. The van der Waals surface area contributed by atoms with Crippen molar-refractivity contribution in [3.8, 4) is 0 Å². The molecule has 1 saturated heterocycles. The van der Waals surface area contributed by atoms with Crippen LogP contribution in [0.15, 0.2) is 0 Å². The maximum absolute atomic E-state index is 4.20. The molecule has 84 valence electrons. The predicted octanol–water partition coefficient (Wildman–Crippen LogP) is 0.896. The molecule has 0 saturated carbocycles. The smallest absolute Gasteiger partial charge is 0.0800 e. The third-order valence-corrected chi connectivity index (χ3v) is 3.45. The summed E-state index contributed by atoms with van der Waals surface area (Å²) in [6, 6.07) is 0. The predicted molar refractivity (Wildman–Crippen MR) is 62.1 cm³/mol. The zero-order valence-electron chi connectivity index (χ0n) is 9.20. The summed E-state index contributed by atoms with van der Waals surface area (Å²) in [5.41, 5.74) is 1.21. The van der Waals surface area contributed by atoms with Crippen molar-refractivity contribution in [1.82, 2.24) is 19.8 Å². The molecule has 1 aromatic heterocycles. The minimum Gasteiger partial charge on any atom is -0.314 e. The van der Waals surface area contributed by atoms with E-state index in [0.29, 0.717) is 0 Å². The van der Waals surface area contributed by atoms with Gasteiger partial charge >= 0.3 is 0 Å². The largest absolute Gasteiger partial charge is 0.314 e. The Bertz CT molecular complexity index is 293. The number of aryl methyl sites for hydroxylation is 1. The summed E-state index contributed by atoms with van der Waals surface area (Å²) < 4.78 is 4.06. The van der Waals surface area contributed by atoms with Gasteiger partial charge in [-0.1, -0.05) is 17.8 Å². The molecule has 0 unspecified atom stereocenters. The Morgan fingerprint density at radius 3 is 2.93 bits per heavy atom. The van der Waals surface area contributed by atoms with E-state index in [1.54, 1.807) is 11.5 Å². The third kappa shape index (κ3) is 2.96. The number of hydrogen-bond acceptors (Lipinski definition) is 5. The van der Waals surface area contributed by atoms with E-state index in [0.717, 1.165) is 45.6 Å². The molecule has 2 heterocycles. The molecule has 0 bridgehead atoms. The van der Waals surface area contributed by atoms with Crippen LogP contribution in [0.1, 0.15) is 23.9 Å². The minimum atomic E-state index is 1.04. The molecule has 4 nitrogen and oxygen atoms in total. The second-order valence-corrected chi connectivity index (χ2v) is 4.76. The highest BCUT2D eigenvalue weighted by molar-refractivity contribution is 7.05. The second-order valence-electron chi connectivity index (χ2n) is 3.92. The zero-order valence-corrected chi connectivity index (χ0v) is 10.0. The van der Waals surface area contributed by atoms with Crippen LogP contribution in [0.2, 0.25) is 0 Å². The number of rotatable bonds is 4. The van der Waals surface area contributed by atoms with Gasteiger partial charge in [0.05, 0.1) is 10.6 Å².